The van der Waals surface area contributed by atoms with E-state index >= 15 is 0 Å². The summed E-state index contributed by atoms with van der Waals surface area (Å²) in [6.45, 7) is 4.25. The molecule has 0 fully saturated rings. The van der Waals surface area contributed by atoms with Gasteiger partial charge in [0.1, 0.15) is 11.1 Å². The number of hydrogen-bond acceptors (Lipinski definition) is 4. The third-order valence-corrected chi connectivity index (χ3v) is 3.92. The highest BCUT2D eigenvalue weighted by Gasteiger charge is 2.08. The topological polar surface area (TPSA) is 52.9 Å². The molecule has 1 rings (SSSR count). The molecule has 5 heteroatoms. The molecule has 1 heterocycles. The van der Waals surface area contributed by atoms with E-state index in [1.54, 1.807) is 23.2 Å². The number of rotatable bonds is 5. The number of hydrogen-bond donors (Lipinski definition) is 1. The summed E-state index contributed by atoms with van der Waals surface area (Å²) >= 11 is 2.99. The zero-order valence-electron chi connectivity index (χ0n) is 9.32. The van der Waals surface area contributed by atoms with E-state index in [0.717, 1.165) is 5.75 Å². The van der Waals surface area contributed by atoms with Crippen molar-refractivity contribution in [2.45, 2.75) is 13.8 Å². The molecule has 0 unspecified atom stereocenters. The number of anilines is 1. The average molecular weight is 254 g/mol. The Kier molecular flexibility index (Phi) is 5.36. The van der Waals surface area contributed by atoms with Gasteiger partial charge in [-0.05, 0) is 23.1 Å². The first-order chi connectivity index (χ1) is 7.63. The van der Waals surface area contributed by atoms with Crippen molar-refractivity contribution < 1.29 is 4.79 Å². The molecule has 0 spiro atoms. The number of carbonyl (C=O) groups is 1. The van der Waals surface area contributed by atoms with Crippen LogP contribution in [0.15, 0.2) is 11.4 Å². The zero-order valence-corrected chi connectivity index (χ0v) is 11.0. The van der Waals surface area contributed by atoms with Gasteiger partial charge in [-0.1, -0.05) is 13.8 Å². The molecule has 0 saturated carbocycles. The molecule has 0 aliphatic rings. The maximum atomic E-state index is 11.5. The van der Waals surface area contributed by atoms with E-state index in [0.29, 0.717) is 22.2 Å². The average Bonchev–Trinajstić information content (AvgIpc) is 2.64. The lowest BCUT2D eigenvalue weighted by Gasteiger charge is -2.05. The van der Waals surface area contributed by atoms with E-state index in [9.17, 15) is 4.79 Å². The molecule has 1 aromatic heterocycles. The molecule has 0 bridgehead atoms. The van der Waals surface area contributed by atoms with E-state index in [-0.39, 0.29) is 5.91 Å². The van der Waals surface area contributed by atoms with E-state index in [1.807, 2.05) is 6.07 Å². The van der Waals surface area contributed by atoms with Crippen molar-refractivity contribution in [3.63, 3.8) is 0 Å². The van der Waals surface area contributed by atoms with Crippen LogP contribution in [0.2, 0.25) is 0 Å². The first-order valence-corrected chi connectivity index (χ1v) is 7.02. The van der Waals surface area contributed by atoms with Crippen molar-refractivity contribution in [2.75, 3.05) is 16.8 Å². The predicted octanol–water partition coefficient (Wildman–Crippen LogP) is 2.95. The highest BCUT2D eigenvalue weighted by Crippen LogP contribution is 2.22. The maximum absolute atomic E-state index is 11.5. The van der Waals surface area contributed by atoms with Gasteiger partial charge >= 0.3 is 0 Å². The van der Waals surface area contributed by atoms with Gasteiger partial charge in [-0.2, -0.15) is 17.0 Å². The summed E-state index contributed by atoms with van der Waals surface area (Å²) in [5.74, 6) is 1.98. The number of carbonyl (C=O) groups excluding carboxylic acids is 1. The minimum Gasteiger partial charge on any atom is -0.316 e. The monoisotopic (exact) mass is 254 g/mol. The molecule has 16 heavy (non-hydrogen) atoms. The van der Waals surface area contributed by atoms with Crippen LogP contribution >= 0.6 is 23.1 Å². The van der Waals surface area contributed by atoms with Crippen LogP contribution in [0.4, 0.5) is 5.00 Å². The summed E-state index contributed by atoms with van der Waals surface area (Å²) in [7, 11) is 0. The Balaban J connectivity index is 2.38. The van der Waals surface area contributed by atoms with Gasteiger partial charge < -0.3 is 5.32 Å². The van der Waals surface area contributed by atoms with Gasteiger partial charge in [-0.3, -0.25) is 4.79 Å². The number of amides is 1. The fourth-order valence-electron chi connectivity index (χ4n) is 1.04. The second-order valence-corrected chi connectivity index (χ2v) is 5.68. The lowest BCUT2D eigenvalue weighted by atomic mass is 10.3. The van der Waals surface area contributed by atoms with Crippen LogP contribution in [0.3, 0.4) is 0 Å². The highest BCUT2D eigenvalue weighted by atomic mass is 32.2. The van der Waals surface area contributed by atoms with Crippen molar-refractivity contribution >= 4 is 34.0 Å². The molecule has 86 valence electrons. The number of nitrogens with zero attached hydrogens (tertiary/aromatic N) is 1. The van der Waals surface area contributed by atoms with Crippen molar-refractivity contribution in [2.24, 2.45) is 5.92 Å². The van der Waals surface area contributed by atoms with Crippen LogP contribution < -0.4 is 5.32 Å². The van der Waals surface area contributed by atoms with Crippen LogP contribution in [-0.2, 0) is 4.79 Å². The standard InChI is InChI=1S/C11H14N2OS2/c1-8(2)6-15-7-10(14)13-11-9(5-12)3-4-16-11/h3-4,8H,6-7H2,1-2H3,(H,13,14). The largest absolute Gasteiger partial charge is 0.316 e. The van der Waals surface area contributed by atoms with Crippen molar-refractivity contribution in [3.05, 3.63) is 17.0 Å². The summed E-state index contributed by atoms with van der Waals surface area (Å²) in [5.41, 5.74) is 0.534. The SMILES string of the molecule is CC(C)CSCC(=O)Nc1sccc1C#N. The Bertz CT molecular complexity index is 393. The summed E-state index contributed by atoms with van der Waals surface area (Å²) in [6, 6.07) is 3.75. The van der Waals surface area contributed by atoms with E-state index in [1.165, 1.54) is 11.3 Å². The number of thiophene rings is 1. The Morgan fingerprint density at radius 3 is 3.06 bits per heavy atom. The first-order valence-electron chi connectivity index (χ1n) is 4.98. The van der Waals surface area contributed by atoms with E-state index in [4.69, 9.17) is 5.26 Å². The molecule has 0 atom stereocenters. The molecule has 0 radical (unpaired) electrons. The second kappa shape index (κ2) is 6.56. The third kappa shape index (κ3) is 4.25. The molecular formula is C11H14N2OS2. The molecule has 0 aromatic carbocycles. The van der Waals surface area contributed by atoms with E-state index < -0.39 is 0 Å². The van der Waals surface area contributed by atoms with Gasteiger partial charge in [-0.15, -0.1) is 11.3 Å². The lowest BCUT2D eigenvalue weighted by Crippen LogP contribution is -2.14. The van der Waals surface area contributed by atoms with Crippen molar-refractivity contribution in [1.29, 1.82) is 5.26 Å². The number of nitriles is 1. The minimum atomic E-state index is -0.0374. The van der Waals surface area contributed by atoms with Gasteiger partial charge in [0.05, 0.1) is 11.3 Å². The Labute approximate surface area is 104 Å². The van der Waals surface area contributed by atoms with Gasteiger partial charge in [0.2, 0.25) is 5.91 Å². The minimum absolute atomic E-state index is 0.0374. The fraction of sp³-hybridized carbons (Fsp3) is 0.455. The normalized spacial score (nSPS) is 10.1. The fourth-order valence-corrected chi connectivity index (χ4v) is 2.64. The van der Waals surface area contributed by atoms with E-state index in [2.05, 4.69) is 19.2 Å². The molecule has 0 saturated heterocycles. The number of nitrogens with one attached hydrogen (secondary N) is 1. The van der Waals surface area contributed by atoms with Crippen LogP contribution in [0.1, 0.15) is 19.4 Å². The Morgan fingerprint density at radius 2 is 2.44 bits per heavy atom. The lowest BCUT2D eigenvalue weighted by molar-refractivity contribution is -0.113. The summed E-state index contributed by atoms with van der Waals surface area (Å²) in [6.07, 6.45) is 0. The quantitative estimate of drug-likeness (QED) is 0.879. The predicted molar refractivity (Wildman–Crippen MR) is 69.8 cm³/mol. The van der Waals surface area contributed by atoms with Crippen LogP contribution in [0.5, 0.6) is 0 Å². The number of thioether (sulfide) groups is 1. The molecule has 1 amide bonds. The van der Waals surface area contributed by atoms with Crippen LogP contribution in [0.25, 0.3) is 0 Å². The molecule has 0 aliphatic carbocycles. The third-order valence-electron chi connectivity index (χ3n) is 1.72. The summed E-state index contributed by atoms with van der Waals surface area (Å²) in [4.78, 5) is 11.5. The van der Waals surface area contributed by atoms with Crippen molar-refractivity contribution in [1.82, 2.24) is 0 Å². The maximum Gasteiger partial charge on any atom is 0.235 e. The molecule has 1 aromatic rings. The van der Waals surface area contributed by atoms with Gasteiger partial charge in [0, 0.05) is 0 Å². The highest BCUT2D eigenvalue weighted by molar-refractivity contribution is 7.99. The van der Waals surface area contributed by atoms with Crippen LogP contribution in [-0.4, -0.2) is 17.4 Å². The molecule has 3 nitrogen and oxygen atoms in total. The van der Waals surface area contributed by atoms with Gasteiger partial charge in [-0.25, -0.2) is 0 Å². The second-order valence-electron chi connectivity index (χ2n) is 3.73. The Hall–Kier alpha value is -0.990. The van der Waals surface area contributed by atoms with Gasteiger partial charge in [0.25, 0.3) is 0 Å². The zero-order chi connectivity index (χ0) is 12.0. The molecular weight excluding hydrogens is 240 g/mol. The van der Waals surface area contributed by atoms with Crippen LogP contribution in [0, 0.1) is 17.2 Å². The first kappa shape index (κ1) is 13.1. The van der Waals surface area contributed by atoms with Crippen molar-refractivity contribution in [3.8, 4) is 6.07 Å². The van der Waals surface area contributed by atoms with Gasteiger partial charge in [0.15, 0.2) is 0 Å². The molecule has 0 aliphatic heterocycles. The summed E-state index contributed by atoms with van der Waals surface area (Å²) < 4.78 is 0. The summed E-state index contributed by atoms with van der Waals surface area (Å²) in [5, 5.41) is 14.0. The Morgan fingerprint density at radius 1 is 1.69 bits per heavy atom. The molecule has 1 N–H and O–H groups in total. The smallest absolute Gasteiger partial charge is 0.235 e.